The van der Waals surface area contributed by atoms with Gasteiger partial charge in [0, 0.05) is 30.5 Å². The van der Waals surface area contributed by atoms with Crippen molar-refractivity contribution in [1.29, 1.82) is 0 Å². The van der Waals surface area contributed by atoms with Gasteiger partial charge in [-0.2, -0.15) is 5.10 Å². The predicted molar refractivity (Wildman–Crippen MR) is 96.1 cm³/mol. The van der Waals surface area contributed by atoms with Crippen molar-refractivity contribution in [2.24, 2.45) is 5.92 Å². The highest BCUT2D eigenvalue weighted by atomic mass is 16.1. The Morgan fingerprint density at radius 3 is 3.08 bits per heavy atom. The van der Waals surface area contributed by atoms with Crippen LogP contribution in [0.2, 0.25) is 0 Å². The maximum Gasteiger partial charge on any atom is 0.269 e. The minimum absolute atomic E-state index is 0.0735. The summed E-state index contributed by atoms with van der Waals surface area (Å²) in [4.78, 5) is 19.2. The van der Waals surface area contributed by atoms with Gasteiger partial charge in [-0.15, -0.1) is 0 Å². The molecule has 6 heteroatoms. The van der Waals surface area contributed by atoms with Gasteiger partial charge in [0.2, 0.25) is 0 Å². The number of carbonyl (C=O) groups excluding carboxylic acids is 1. The van der Waals surface area contributed by atoms with E-state index in [-0.39, 0.29) is 5.91 Å². The molecule has 2 N–H and O–H groups in total. The van der Waals surface area contributed by atoms with E-state index in [1.165, 1.54) is 45.2 Å². The second-order valence-electron chi connectivity index (χ2n) is 7.12. The average Bonchev–Trinajstić information content (AvgIpc) is 3.17. The smallest absolute Gasteiger partial charge is 0.269 e. The molecule has 132 valence electrons. The maximum absolute atomic E-state index is 12.5. The molecule has 25 heavy (non-hydrogen) atoms. The standard InChI is InChI=1S/C19H25N5O/c25-19(17-11-16(22-23-17)14-5-3-8-20-12-14)21-13-15-6-4-10-24-9-2-1-7-18(15)24/h3,5,8,11-12,15,18H,1-2,4,6-7,9-10,13H2,(H,21,25)(H,22,23). The van der Waals surface area contributed by atoms with Gasteiger partial charge >= 0.3 is 0 Å². The number of rotatable bonds is 4. The van der Waals surface area contributed by atoms with Crippen molar-refractivity contribution in [3.63, 3.8) is 0 Å². The van der Waals surface area contributed by atoms with Gasteiger partial charge in [0.15, 0.2) is 0 Å². The first-order valence-electron chi connectivity index (χ1n) is 9.29. The number of amides is 1. The molecular weight excluding hydrogens is 314 g/mol. The molecule has 2 atom stereocenters. The Hall–Kier alpha value is -2.21. The fraction of sp³-hybridized carbons (Fsp3) is 0.526. The van der Waals surface area contributed by atoms with E-state index in [0.717, 1.165) is 17.8 Å². The molecule has 2 saturated heterocycles. The Labute approximate surface area is 148 Å². The molecule has 2 unspecified atom stereocenters. The zero-order chi connectivity index (χ0) is 17.1. The molecule has 2 aliphatic heterocycles. The minimum Gasteiger partial charge on any atom is -0.350 e. The zero-order valence-electron chi connectivity index (χ0n) is 14.4. The number of carbonyl (C=O) groups is 1. The third-order valence-electron chi connectivity index (χ3n) is 5.53. The molecule has 2 fully saturated rings. The molecule has 2 aromatic rings. The van der Waals surface area contributed by atoms with Gasteiger partial charge in [-0.1, -0.05) is 6.42 Å². The second kappa shape index (κ2) is 7.35. The second-order valence-corrected chi connectivity index (χ2v) is 7.12. The molecule has 1 amide bonds. The summed E-state index contributed by atoms with van der Waals surface area (Å²) in [5, 5.41) is 10.2. The molecule has 4 rings (SSSR count). The van der Waals surface area contributed by atoms with Crippen molar-refractivity contribution in [3.05, 3.63) is 36.3 Å². The van der Waals surface area contributed by atoms with E-state index in [1.807, 2.05) is 12.1 Å². The summed E-state index contributed by atoms with van der Waals surface area (Å²) in [6, 6.07) is 6.24. The number of aromatic nitrogens is 3. The number of aromatic amines is 1. The lowest BCUT2D eigenvalue weighted by atomic mass is 9.83. The molecule has 0 radical (unpaired) electrons. The molecule has 6 nitrogen and oxygen atoms in total. The number of hydrogen-bond donors (Lipinski definition) is 2. The lowest BCUT2D eigenvalue weighted by Gasteiger charge is -2.44. The van der Waals surface area contributed by atoms with Gasteiger partial charge < -0.3 is 10.2 Å². The summed E-state index contributed by atoms with van der Waals surface area (Å²) in [7, 11) is 0. The summed E-state index contributed by atoms with van der Waals surface area (Å²) in [5.74, 6) is 0.495. The van der Waals surface area contributed by atoms with Crippen LogP contribution < -0.4 is 5.32 Å². The number of H-pyrrole nitrogens is 1. The molecule has 4 heterocycles. The Balaban J connectivity index is 1.37. The predicted octanol–water partition coefficient (Wildman–Crippen LogP) is 2.47. The van der Waals surface area contributed by atoms with Gasteiger partial charge in [0.05, 0.1) is 5.69 Å². The summed E-state index contributed by atoms with van der Waals surface area (Å²) < 4.78 is 0. The third-order valence-corrected chi connectivity index (χ3v) is 5.53. The van der Waals surface area contributed by atoms with Crippen LogP contribution in [0.5, 0.6) is 0 Å². The molecule has 0 aliphatic carbocycles. The summed E-state index contributed by atoms with van der Waals surface area (Å²) >= 11 is 0. The van der Waals surface area contributed by atoms with Crippen LogP contribution in [0, 0.1) is 5.92 Å². The first kappa shape index (κ1) is 16.3. The minimum atomic E-state index is -0.0735. The van der Waals surface area contributed by atoms with Crippen molar-refractivity contribution in [3.8, 4) is 11.3 Å². The molecule has 2 aromatic heterocycles. The fourth-order valence-corrected chi connectivity index (χ4v) is 4.23. The average molecular weight is 339 g/mol. The van der Waals surface area contributed by atoms with Crippen LogP contribution in [0.15, 0.2) is 30.6 Å². The lowest BCUT2D eigenvalue weighted by Crippen LogP contribution is -2.51. The zero-order valence-corrected chi connectivity index (χ0v) is 14.4. The Morgan fingerprint density at radius 2 is 2.20 bits per heavy atom. The van der Waals surface area contributed by atoms with Gasteiger partial charge in [-0.05, 0) is 62.9 Å². The Morgan fingerprint density at radius 1 is 1.28 bits per heavy atom. The van der Waals surface area contributed by atoms with E-state index >= 15 is 0 Å². The molecule has 0 bridgehead atoms. The molecule has 0 aromatic carbocycles. The monoisotopic (exact) mass is 339 g/mol. The van der Waals surface area contributed by atoms with E-state index < -0.39 is 0 Å². The van der Waals surface area contributed by atoms with Crippen molar-refractivity contribution in [1.82, 2.24) is 25.4 Å². The number of nitrogens with zero attached hydrogens (tertiary/aromatic N) is 3. The molecule has 0 spiro atoms. The largest absolute Gasteiger partial charge is 0.350 e. The summed E-state index contributed by atoms with van der Waals surface area (Å²) in [6.07, 6.45) is 9.84. The number of pyridine rings is 1. The van der Waals surface area contributed by atoms with Crippen LogP contribution in [0.4, 0.5) is 0 Å². The van der Waals surface area contributed by atoms with E-state index in [9.17, 15) is 4.79 Å². The maximum atomic E-state index is 12.5. The van der Waals surface area contributed by atoms with Crippen molar-refractivity contribution >= 4 is 5.91 Å². The van der Waals surface area contributed by atoms with Crippen LogP contribution in [-0.4, -0.2) is 51.7 Å². The van der Waals surface area contributed by atoms with Crippen LogP contribution in [0.1, 0.15) is 42.6 Å². The first-order chi connectivity index (χ1) is 12.3. The quantitative estimate of drug-likeness (QED) is 0.897. The fourth-order valence-electron chi connectivity index (χ4n) is 4.23. The van der Waals surface area contributed by atoms with Crippen molar-refractivity contribution in [2.45, 2.75) is 38.1 Å². The van der Waals surface area contributed by atoms with Gasteiger partial charge in [0.25, 0.3) is 5.91 Å². The number of fused-ring (bicyclic) bond motifs is 1. The third kappa shape index (κ3) is 3.58. The van der Waals surface area contributed by atoms with Crippen molar-refractivity contribution in [2.75, 3.05) is 19.6 Å². The SMILES string of the molecule is O=C(NCC1CCCN2CCCCC12)c1cc(-c2cccnc2)n[nH]1. The normalized spacial score (nSPS) is 23.8. The summed E-state index contributed by atoms with van der Waals surface area (Å²) in [5.41, 5.74) is 2.16. The van der Waals surface area contributed by atoms with Crippen LogP contribution >= 0.6 is 0 Å². The first-order valence-corrected chi connectivity index (χ1v) is 9.29. The van der Waals surface area contributed by atoms with Gasteiger partial charge in [-0.3, -0.25) is 14.9 Å². The number of hydrogen-bond acceptors (Lipinski definition) is 4. The van der Waals surface area contributed by atoms with Gasteiger partial charge in [-0.25, -0.2) is 0 Å². The van der Waals surface area contributed by atoms with Crippen LogP contribution in [-0.2, 0) is 0 Å². The van der Waals surface area contributed by atoms with E-state index in [0.29, 0.717) is 17.7 Å². The Bertz CT molecular complexity index is 712. The highest BCUT2D eigenvalue weighted by Crippen LogP contribution is 2.30. The number of piperidine rings is 2. The van der Waals surface area contributed by atoms with E-state index in [4.69, 9.17) is 0 Å². The highest BCUT2D eigenvalue weighted by molar-refractivity contribution is 5.93. The molecule has 0 saturated carbocycles. The highest BCUT2D eigenvalue weighted by Gasteiger charge is 2.33. The summed E-state index contributed by atoms with van der Waals surface area (Å²) in [6.45, 7) is 3.20. The Kier molecular flexibility index (Phi) is 4.78. The van der Waals surface area contributed by atoms with Crippen LogP contribution in [0.25, 0.3) is 11.3 Å². The van der Waals surface area contributed by atoms with E-state index in [1.54, 1.807) is 18.5 Å². The lowest BCUT2D eigenvalue weighted by molar-refractivity contribution is 0.0575. The van der Waals surface area contributed by atoms with Crippen molar-refractivity contribution < 1.29 is 4.79 Å². The van der Waals surface area contributed by atoms with Gasteiger partial charge in [0.1, 0.15) is 5.69 Å². The molecular formula is C19H25N5O. The van der Waals surface area contributed by atoms with E-state index in [2.05, 4.69) is 25.4 Å². The topological polar surface area (TPSA) is 73.9 Å². The number of nitrogens with one attached hydrogen (secondary N) is 2. The molecule has 2 aliphatic rings. The van der Waals surface area contributed by atoms with Crippen LogP contribution in [0.3, 0.4) is 0 Å².